The molecule has 1 saturated heterocycles. The fourth-order valence-electron chi connectivity index (χ4n) is 3.66. The zero-order valence-electron chi connectivity index (χ0n) is 17.4. The fraction of sp³-hybridized carbons (Fsp3) is 0.400. The Morgan fingerprint density at radius 3 is 2.41 bits per heavy atom. The van der Waals surface area contributed by atoms with E-state index in [1.807, 2.05) is 41.3 Å². The van der Waals surface area contributed by atoms with E-state index in [1.54, 1.807) is 0 Å². The molecule has 1 aliphatic heterocycles. The summed E-state index contributed by atoms with van der Waals surface area (Å²) < 4.78 is 5.46. The van der Waals surface area contributed by atoms with E-state index in [2.05, 4.69) is 48.2 Å². The maximum absolute atomic E-state index is 13.1. The van der Waals surface area contributed by atoms with Crippen molar-refractivity contribution in [2.45, 2.75) is 32.4 Å². The van der Waals surface area contributed by atoms with Crippen LogP contribution in [0.1, 0.15) is 30.9 Å². The van der Waals surface area contributed by atoms with Crippen molar-refractivity contribution >= 4 is 12.0 Å². The average molecular weight is 393 g/mol. The van der Waals surface area contributed by atoms with Gasteiger partial charge in [-0.2, -0.15) is 0 Å². The van der Waals surface area contributed by atoms with Gasteiger partial charge in [0.1, 0.15) is 0 Å². The molecule has 0 saturated carbocycles. The molecule has 0 spiro atoms. The molecule has 0 bridgehead atoms. The van der Waals surface area contributed by atoms with Crippen molar-refractivity contribution in [3.8, 4) is 0 Å². The monoisotopic (exact) mass is 392 g/mol. The van der Waals surface area contributed by atoms with E-state index in [0.717, 1.165) is 39.3 Å². The highest BCUT2D eigenvalue weighted by atomic mass is 16.5. The standard InChI is InChI=1S/C25H32N2O2/c1-22(20-26-16-18-29-19-17-26)27(21-24-13-6-3-7-14-24)25(28)15-9-8-12-23-10-4-2-5-11-23/h2-8,10-14,22H,9,15-21H2,1H3/b12-8+. The van der Waals surface area contributed by atoms with Crippen LogP contribution in [0.4, 0.5) is 0 Å². The minimum Gasteiger partial charge on any atom is -0.379 e. The van der Waals surface area contributed by atoms with Crippen LogP contribution in [-0.4, -0.2) is 54.6 Å². The molecule has 1 heterocycles. The molecular formula is C25H32N2O2. The van der Waals surface area contributed by atoms with Crippen molar-refractivity contribution in [3.05, 3.63) is 77.9 Å². The van der Waals surface area contributed by atoms with Gasteiger partial charge in [0.05, 0.1) is 13.2 Å². The Bertz CT molecular complexity index is 755. The minimum absolute atomic E-state index is 0.166. The molecule has 0 aromatic heterocycles. The largest absolute Gasteiger partial charge is 0.379 e. The quantitative estimate of drug-likeness (QED) is 0.640. The number of amides is 1. The number of hydrogen-bond donors (Lipinski definition) is 0. The predicted molar refractivity (Wildman–Crippen MR) is 118 cm³/mol. The average Bonchev–Trinajstić information content (AvgIpc) is 2.77. The molecule has 4 nitrogen and oxygen atoms in total. The summed E-state index contributed by atoms with van der Waals surface area (Å²) in [6.45, 7) is 7.16. The van der Waals surface area contributed by atoms with Gasteiger partial charge in [-0.1, -0.05) is 72.8 Å². The fourth-order valence-corrected chi connectivity index (χ4v) is 3.66. The zero-order chi connectivity index (χ0) is 20.3. The van der Waals surface area contributed by atoms with Gasteiger partial charge in [-0.15, -0.1) is 0 Å². The Balaban J connectivity index is 1.59. The number of ether oxygens (including phenoxy) is 1. The van der Waals surface area contributed by atoms with Crippen molar-refractivity contribution < 1.29 is 9.53 Å². The number of rotatable bonds is 9. The molecule has 1 fully saturated rings. The van der Waals surface area contributed by atoms with Crippen LogP contribution >= 0.6 is 0 Å². The van der Waals surface area contributed by atoms with E-state index in [-0.39, 0.29) is 11.9 Å². The number of carbonyl (C=O) groups excluding carboxylic acids is 1. The lowest BCUT2D eigenvalue weighted by atomic mass is 10.1. The minimum atomic E-state index is 0.166. The lowest BCUT2D eigenvalue weighted by Gasteiger charge is -2.35. The number of morpholine rings is 1. The van der Waals surface area contributed by atoms with Gasteiger partial charge >= 0.3 is 0 Å². The maximum Gasteiger partial charge on any atom is 0.223 e. The predicted octanol–water partition coefficient (Wildman–Crippen LogP) is 4.23. The van der Waals surface area contributed by atoms with Gasteiger partial charge in [0.15, 0.2) is 0 Å². The van der Waals surface area contributed by atoms with Crippen molar-refractivity contribution in [3.63, 3.8) is 0 Å². The molecular weight excluding hydrogens is 360 g/mol. The highest BCUT2D eigenvalue weighted by Crippen LogP contribution is 2.14. The first kappa shape index (κ1) is 21.3. The second-order valence-electron chi connectivity index (χ2n) is 7.62. The van der Waals surface area contributed by atoms with Crippen LogP contribution in [0.2, 0.25) is 0 Å². The van der Waals surface area contributed by atoms with Gasteiger partial charge in [-0.25, -0.2) is 0 Å². The molecule has 2 aromatic carbocycles. The number of nitrogens with zero attached hydrogens (tertiary/aromatic N) is 2. The Labute approximate surface area is 174 Å². The molecule has 4 heteroatoms. The third kappa shape index (κ3) is 7.15. The molecule has 1 aliphatic rings. The van der Waals surface area contributed by atoms with Gasteiger partial charge in [0, 0.05) is 38.6 Å². The summed E-state index contributed by atoms with van der Waals surface area (Å²) in [5.74, 6) is 0.215. The van der Waals surface area contributed by atoms with Crippen molar-refractivity contribution in [1.29, 1.82) is 0 Å². The summed E-state index contributed by atoms with van der Waals surface area (Å²) >= 11 is 0. The highest BCUT2D eigenvalue weighted by molar-refractivity contribution is 5.76. The molecule has 0 N–H and O–H groups in total. The van der Waals surface area contributed by atoms with E-state index in [1.165, 1.54) is 11.1 Å². The van der Waals surface area contributed by atoms with Crippen LogP contribution in [0, 0.1) is 0 Å². The van der Waals surface area contributed by atoms with Crippen LogP contribution in [0.3, 0.4) is 0 Å². The molecule has 2 aromatic rings. The van der Waals surface area contributed by atoms with Crippen LogP contribution in [-0.2, 0) is 16.1 Å². The van der Waals surface area contributed by atoms with Crippen molar-refractivity contribution in [1.82, 2.24) is 9.80 Å². The highest BCUT2D eigenvalue weighted by Gasteiger charge is 2.23. The van der Waals surface area contributed by atoms with Crippen LogP contribution < -0.4 is 0 Å². The summed E-state index contributed by atoms with van der Waals surface area (Å²) in [6.07, 6.45) is 5.47. The molecule has 1 atom stereocenters. The summed E-state index contributed by atoms with van der Waals surface area (Å²) in [5.41, 5.74) is 2.34. The first-order valence-corrected chi connectivity index (χ1v) is 10.6. The van der Waals surface area contributed by atoms with E-state index < -0.39 is 0 Å². The Kier molecular flexibility index (Phi) is 8.47. The third-order valence-corrected chi connectivity index (χ3v) is 5.31. The van der Waals surface area contributed by atoms with Gasteiger partial charge in [0.2, 0.25) is 5.91 Å². The Morgan fingerprint density at radius 2 is 1.72 bits per heavy atom. The van der Waals surface area contributed by atoms with Gasteiger partial charge < -0.3 is 9.64 Å². The molecule has 29 heavy (non-hydrogen) atoms. The molecule has 1 amide bonds. The van der Waals surface area contributed by atoms with Crippen LogP contribution in [0.5, 0.6) is 0 Å². The lowest BCUT2D eigenvalue weighted by Crippen LogP contribution is -2.47. The van der Waals surface area contributed by atoms with E-state index in [0.29, 0.717) is 13.0 Å². The van der Waals surface area contributed by atoms with Crippen LogP contribution in [0.15, 0.2) is 66.7 Å². The summed E-state index contributed by atoms with van der Waals surface area (Å²) in [4.78, 5) is 17.5. The molecule has 0 radical (unpaired) electrons. The maximum atomic E-state index is 13.1. The third-order valence-electron chi connectivity index (χ3n) is 5.31. The van der Waals surface area contributed by atoms with E-state index in [9.17, 15) is 4.79 Å². The molecule has 3 rings (SSSR count). The second-order valence-corrected chi connectivity index (χ2v) is 7.62. The Hall–Kier alpha value is -2.43. The van der Waals surface area contributed by atoms with Gasteiger partial charge in [-0.3, -0.25) is 9.69 Å². The van der Waals surface area contributed by atoms with Gasteiger partial charge in [0.25, 0.3) is 0 Å². The second kappa shape index (κ2) is 11.5. The lowest BCUT2D eigenvalue weighted by molar-refractivity contribution is -0.134. The molecule has 154 valence electrons. The van der Waals surface area contributed by atoms with Crippen LogP contribution in [0.25, 0.3) is 6.08 Å². The first-order valence-electron chi connectivity index (χ1n) is 10.6. The number of benzene rings is 2. The molecule has 0 aliphatic carbocycles. The smallest absolute Gasteiger partial charge is 0.223 e. The van der Waals surface area contributed by atoms with Gasteiger partial charge in [-0.05, 0) is 24.5 Å². The number of carbonyl (C=O) groups is 1. The summed E-state index contributed by atoms with van der Waals surface area (Å²) in [7, 11) is 0. The van der Waals surface area contributed by atoms with Crippen molar-refractivity contribution in [2.75, 3.05) is 32.8 Å². The Morgan fingerprint density at radius 1 is 1.07 bits per heavy atom. The number of hydrogen-bond acceptors (Lipinski definition) is 3. The molecule has 1 unspecified atom stereocenters. The zero-order valence-corrected chi connectivity index (χ0v) is 17.4. The SMILES string of the molecule is CC(CN1CCOCC1)N(Cc1ccccc1)C(=O)CC/C=C/c1ccccc1. The van der Waals surface area contributed by atoms with Crippen molar-refractivity contribution in [2.24, 2.45) is 0 Å². The van der Waals surface area contributed by atoms with E-state index in [4.69, 9.17) is 4.74 Å². The topological polar surface area (TPSA) is 32.8 Å². The normalized spacial score (nSPS) is 16.0. The first-order chi connectivity index (χ1) is 14.2. The van der Waals surface area contributed by atoms with E-state index >= 15 is 0 Å². The summed E-state index contributed by atoms with van der Waals surface area (Å²) in [6, 6.07) is 20.7. The summed E-state index contributed by atoms with van der Waals surface area (Å²) in [5, 5.41) is 0. The number of allylic oxidation sites excluding steroid dienone is 1.